The summed E-state index contributed by atoms with van der Waals surface area (Å²) in [6.07, 6.45) is 2.94. The first-order chi connectivity index (χ1) is 15.6. The average Bonchev–Trinajstić information content (AvgIpc) is 3.56. The molecule has 0 fully saturated rings. The number of fused-ring (bicyclic) bond motifs is 6. The van der Waals surface area contributed by atoms with Gasteiger partial charge in [0.25, 0.3) is 0 Å². The molecule has 158 valence electrons. The second kappa shape index (κ2) is 5.94. The number of anilines is 1. The number of hydrogen-bond donors (Lipinski definition) is 0. The third-order valence-corrected chi connectivity index (χ3v) is 7.39. The van der Waals surface area contributed by atoms with Crippen molar-refractivity contribution in [3.05, 3.63) is 77.5 Å². The highest BCUT2D eigenvalue weighted by atomic mass is 16.5. The van der Waals surface area contributed by atoms with Crippen molar-refractivity contribution < 1.29 is 14.3 Å². The van der Waals surface area contributed by atoms with Gasteiger partial charge in [0.05, 0.1) is 6.61 Å². The van der Waals surface area contributed by atoms with Crippen molar-refractivity contribution >= 4 is 22.5 Å². The van der Waals surface area contributed by atoms with Gasteiger partial charge in [0, 0.05) is 60.5 Å². The van der Waals surface area contributed by atoms with Gasteiger partial charge in [-0.1, -0.05) is 18.2 Å². The van der Waals surface area contributed by atoms with Crippen LogP contribution in [-0.4, -0.2) is 30.7 Å². The Labute approximate surface area is 185 Å². The molecular weight excluding hydrogens is 400 g/mol. The topological polar surface area (TPSA) is 43.7 Å². The molecule has 5 heteroatoms. The van der Waals surface area contributed by atoms with E-state index in [2.05, 4.69) is 54.2 Å². The first-order valence-electron chi connectivity index (χ1n) is 11.0. The van der Waals surface area contributed by atoms with Gasteiger partial charge in [-0.2, -0.15) is 0 Å². The van der Waals surface area contributed by atoms with Crippen LogP contribution in [0.1, 0.15) is 16.7 Å². The number of aromatic nitrogens is 1. The van der Waals surface area contributed by atoms with E-state index in [0.29, 0.717) is 13.2 Å². The van der Waals surface area contributed by atoms with Crippen molar-refractivity contribution in [2.24, 2.45) is 7.05 Å². The third-order valence-electron chi connectivity index (χ3n) is 7.39. The molecule has 32 heavy (non-hydrogen) atoms. The summed E-state index contributed by atoms with van der Waals surface area (Å²) in [4.78, 5) is 15.7. The number of likely N-dealkylation sites (N-methyl/N-ethyl adjacent to an activating group) is 1. The van der Waals surface area contributed by atoms with Gasteiger partial charge in [-0.05, 0) is 47.0 Å². The van der Waals surface area contributed by atoms with Crippen LogP contribution >= 0.6 is 0 Å². The number of nitrogens with zero attached hydrogens (tertiary/aromatic N) is 2. The lowest BCUT2D eigenvalue weighted by Gasteiger charge is -2.24. The van der Waals surface area contributed by atoms with Crippen molar-refractivity contribution in [2.75, 3.05) is 25.2 Å². The van der Waals surface area contributed by atoms with Crippen LogP contribution in [0.3, 0.4) is 0 Å². The molecule has 1 unspecified atom stereocenters. The van der Waals surface area contributed by atoms with Gasteiger partial charge < -0.3 is 18.9 Å². The van der Waals surface area contributed by atoms with E-state index in [1.165, 1.54) is 10.9 Å². The van der Waals surface area contributed by atoms with Crippen LogP contribution in [0.5, 0.6) is 11.5 Å². The molecule has 1 atom stereocenters. The zero-order valence-electron chi connectivity index (χ0n) is 18.0. The first kappa shape index (κ1) is 17.9. The summed E-state index contributed by atoms with van der Waals surface area (Å²) in [5.41, 5.74) is 6.66. The van der Waals surface area contributed by atoms with Gasteiger partial charge in [-0.25, -0.2) is 0 Å². The number of rotatable bonds is 1. The Balaban J connectivity index is 1.51. The van der Waals surface area contributed by atoms with Crippen molar-refractivity contribution in [3.8, 4) is 22.6 Å². The molecule has 5 nitrogen and oxygen atoms in total. The maximum absolute atomic E-state index is 13.9. The lowest BCUT2D eigenvalue weighted by molar-refractivity contribution is -0.121. The van der Waals surface area contributed by atoms with Crippen LogP contribution in [-0.2, 0) is 23.7 Å². The maximum atomic E-state index is 13.9. The van der Waals surface area contributed by atoms with E-state index in [1.807, 2.05) is 25.2 Å². The Morgan fingerprint density at radius 2 is 1.88 bits per heavy atom. The second-order valence-corrected chi connectivity index (χ2v) is 9.01. The SMILES string of the molecule is CN1C(=O)C2(COc3cc4c(cc32)CCO4)c2c(-c3ccc4c(ccn4C)c3)cccc21. The quantitative estimate of drug-likeness (QED) is 0.456. The fourth-order valence-electron chi connectivity index (χ4n) is 5.77. The first-order valence-corrected chi connectivity index (χ1v) is 11.0. The highest BCUT2D eigenvalue weighted by Crippen LogP contribution is 2.56. The molecule has 7 rings (SSSR count). The Hall–Kier alpha value is -3.73. The van der Waals surface area contributed by atoms with Crippen molar-refractivity contribution in [3.63, 3.8) is 0 Å². The number of carbonyl (C=O) groups excluding carboxylic acids is 1. The predicted octanol–water partition coefficient (Wildman–Crippen LogP) is 4.44. The minimum atomic E-state index is -0.834. The van der Waals surface area contributed by atoms with Gasteiger partial charge >= 0.3 is 0 Å². The third kappa shape index (κ3) is 2.06. The number of hydrogen-bond acceptors (Lipinski definition) is 3. The zero-order valence-corrected chi connectivity index (χ0v) is 18.0. The summed E-state index contributed by atoms with van der Waals surface area (Å²) in [5, 5.41) is 1.19. The van der Waals surface area contributed by atoms with Crippen LogP contribution < -0.4 is 14.4 Å². The summed E-state index contributed by atoms with van der Waals surface area (Å²) < 4.78 is 14.0. The van der Waals surface area contributed by atoms with E-state index >= 15 is 0 Å². The van der Waals surface area contributed by atoms with Gasteiger partial charge in [0.2, 0.25) is 5.91 Å². The monoisotopic (exact) mass is 422 g/mol. The maximum Gasteiger partial charge on any atom is 0.245 e. The lowest BCUT2D eigenvalue weighted by Crippen LogP contribution is -2.41. The molecule has 0 bridgehead atoms. The van der Waals surface area contributed by atoms with Crippen LogP contribution in [0.4, 0.5) is 5.69 Å². The van der Waals surface area contributed by atoms with Gasteiger partial charge in [-0.15, -0.1) is 0 Å². The van der Waals surface area contributed by atoms with Crippen molar-refractivity contribution in [1.82, 2.24) is 4.57 Å². The number of amides is 1. The van der Waals surface area contributed by atoms with Gasteiger partial charge in [0.1, 0.15) is 23.5 Å². The van der Waals surface area contributed by atoms with Crippen LogP contribution in [0.2, 0.25) is 0 Å². The molecule has 1 amide bonds. The highest BCUT2D eigenvalue weighted by molar-refractivity contribution is 6.13. The van der Waals surface area contributed by atoms with Crippen molar-refractivity contribution in [2.45, 2.75) is 11.8 Å². The van der Waals surface area contributed by atoms with E-state index in [9.17, 15) is 4.79 Å². The van der Waals surface area contributed by atoms with Crippen LogP contribution in [0.25, 0.3) is 22.0 Å². The van der Waals surface area contributed by atoms with Crippen molar-refractivity contribution in [1.29, 1.82) is 0 Å². The van der Waals surface area contributed by atoms with Gasteiger partial charge in [0.15, 0.2) is 0 Å². The molecule has 3 aliphatic rings. The highest BCUT2D eigenvalue weighted by Gasteiger charge is 2.57. The van der Waals surface area contributed by atoms with E-state index in [0.717, 1.165) is 51.4 Å². The average molecular weight is 422 g/mol. The molecule has 1 spiro atoms. The van der Waals surface area contributed by atoms with Gasteiger partial charge in [-0.3, -0.25) is 4.79 Å². The normalized spacial score (nSPS) is 20.4. The summed E-state index contributed by atoms with van der Waals surface area (Å²) in [5.74, 6) is 1.70. The summed E-state index contributed by atoms with van der Waals surface area (Å²) in [7, 11) is 3.92. The molecule has 0 aliphatic carbocycles. The van der Waals surface area contributed by atoms with Crippen LogP contribution in [0, 0.1) is 0 Å². The lowest BCUT2D eigenvalue weighted by atomic mass is 9.73. The molecule has 0 saturated carbocycles. The van der Waals surface area contributed by atoms with E-state index in [-0.39, 0.29) is 5.91 Å². The largest absolute Gasteiger partial charge is 0.493 e. The summed E-state index contributed by atoms with van der Waals surface area (Å²) in [6, 6.07) is 19.0. The number of aryl methyl sites for hydroxylation is 1. The predicted molar refractivity (Wildman–Crippen MR) is 124 cm³/mol. The van der Waals surface area contributed by atoms with Crippen LogP contribution in [0.15, 0.2) is 60.8 Å². The minimum Gasteiger partial charge on any atom is -0.493 e. The Morgan fingerprint density at radius 1 is 0.969 bits per heavy atom. The molecule has 4 aromatic rings. The fraction of sp³-hybridized carbons (Fsp3) is 0.222. The molecule has 1 aromatic heterocycles. The molecule has 3 aromatic carbocycles. The number of benzene rings is 3. The number of ether oxygens (including phenoxy) is 2. The second-order valence-electron chi connectivity index (χ2n) is 9.01. The van der Waals surface area contributed by atoms with E-state index in [1.54, 1.807) is 4.90 Å². The summed E-state index contributed by atoms with van der Waals surface area (Å²) >= 11 is 0. The molecule has 4 heterocycles. The summed E-state index contributed by atoms with van der Waals surface area (Å²) in [6.45, 7) is 0.990. The molecule has 0 saturated heterocycles. The Bertz CT molecular complexity index is 1470. The molecule has 0 N–H and O–H groups in total. The number of carbonyl (C=O) groups is 1. The smallest absolute Gasteiger partial charge is 0.245 e. The Kier molecular flexibility index (Phi) is 3.32. The molecule has 0 radical (unpaired) electrons. The van der Waals surface area contributed by atoms with E-state index < -0.39 is 5.41 Å². The molecule has 3 aliphatic heterocycles. The zero-order chi connectivity index (χ0) is 21.6. The minimum absolute atomic E-state index is 0.0679. The Morgan fingerprint density at radius 3 is 2.78 bits per heavy atom. The fourth-order valence-corrected chi connectivity index (χ4v) is 5.77. The van der Waals surface area contributed by atoms with E-state index in [4.69, 9.17) is 9.47 Å². The standard InChI is InChI=1S/C27H22N2O3/c1-28-10-8-17-12-16(6-7-21(17)28)19-4-3-5-22-25(19)27(26(30)29(22)2)15-32-24-14-23-18(9-11-31-23)13-20(24)27/h3-8,10,12-14H,9,11,15H2,1-2H3. The molecular formula is C27H22N2O3.